The van der Waals surface area contributed by atoms with E-state index < -0.39 is 11.7 Å². The number of piperidine rings is 1. The number of nitrogens with zero attached hydrogens (tertiary/aromatic N) is 2. The van der Waals surface area contributed by atoms with Crippen LogP contribution < -0.4 is 10.2 Å². The molecule has 0 unspecified atom stereocenters. The Morgan fingerprint density at radius 1 is 1.20 bits per heavy atom. The van der Waals surface area contributed by atoms with E-state index in [1.807, 2.05) is 4.90 Å². The molecule has 2 saturated heterocycles. The van der Waals surface area contributed by atoms with E-state index in [4.69, 9.17) is 0 Å². The van der Waals surface area contributed by atoms with Crippen LogP contribution in [0.1, 0.15) is 18.4 Å². The van der Waals surface area contributed by atoms with Gasteiger partial charge in [-0.15, -0.1) is 12.4 Å². The summed E-state index contributed by atoms with van der Waals surface area (Å²) in [5, 5.41) is 3.31. The minimum atomic E-state index is -4.30. The van der Waals surface area contributed by atoms with Gasteiger partial charge in [-0.1, -0.05) is 0 Å². The summed E-state index contributed by atoms with van der Waals surface area (Å²) in [6, 6.07) is 2.16. The first-order chi connectivity index (χ1) is 8.99. The number of aromatic nitrogens is 1. The largest absolute Gasteiger partial charge is 0.416 e. The molecule has 0 bridgehead atoms. The molecule has 0 atom stereocenters. The maximum atomic E-state index is 12.6. The zero-order valence-electron chi connectivity index (χ0n) is 10.9. The smallest absolute Gasteiger partial charge is 0.355 e. The minimum absolute atomic E-state index is 0. The second-order valence-electron chi connectivity index (χ2n) is 5.51. The molecular weight excluding hydrogens is 291 g/mol. The van der Waals surface area contributed by atoms with Crippen molar-refractivity contribution in [1.29, 1.82) is 0 Å². The third kappa shape index (κ3) is 2.86. The highest BCUT2D eigenvalue weighted by atomic mass is 35.5. The molecule has 3 nitrogen and oxygen atoms in total. The third-order valence-electron chi connectivity index (χ3n) is 4.11. The molecule has 7 heteroatoms. The molecular formula is C13H17ClF3N3. The highest BCUT2D eigenvalue weighted by molar-refractivity contribution is 5.85. The van der Waals surface area contributed by atoms with Gasteiger partial charge < -0.3 is 10.2 Å². The van der Waals surface area contributed by atoms with Gasteiger partial charge >= 0.3 is 6.18 Å². The maximum Gasteiger partial charge on any atom is 0.416 e. The van der Waals surface area contributed by atoms with E-state index in [1.54, 1.807) is 0 Å². The van der Waals surface area contributed by atoms with Crippen LogP contribution in [0.2, 0.25) is 0 Å². The van der Waals surface area contributed by atoms with Crippen LogP contribution >= 0.6 is 12.4 Å². The van der Waals surface area contributed by atoms with E-state index in [9.17, 15) is 13.2 Å². The fourth-order valence-corrected chi connectivity index (χ4v) is 2.97. The van der Waals surface area contributed by atoms with E-state index in [0.717, 1.165) is 51.2 Å². The summed E-state index contributed by atoms with van der Waals surface area (Å²) in [6.07, 6.45) is -0.856. The molecule has 3 rings (SSSR count). The summed E-state index contributed by atoms with van der Waals surface area (Å²) in [5.74, 6) is 0.444. The lowest BCUT2D eigenvalue weighted by molar-refractivity contribution is -0.137. The Hall–Kier alpha value is -1.01. The number of hydrogen-bond donors (Lipinski definition) is 1. The Kier molecular flexibility index (Phi) is 4.16. The zero-order chi connectivity index (χ0) is 13.5. The van der Waals surface area contributed by atoms with Crippen LogP contribution in [0.4, 0.5) is 19.0 Å². The zero-order valence-corrected chi connectivity index (χ0v) is 11.7. The monoisotopic (exact) mass is 307 g/mol. The number of nitrogens with one attached hydrogen (secondary N) is 1. The summed E-state index contributed by atoms with van der Waals surface area (Å²) >= 11 is 0. The standard InChI is InChI=1S/C13H16F3N3.ClH/c14-13(15,16)10-1-4-18-11(7-10)19-8-12(9-19)2-5-17-6-3-12;/h1,4,7,17H,2-3,5-6,8-9H2;1H. The fourth-order valence-electron chi connectivity index (χ4n) is 2.97. The van der Waals surface area contributed by atoms with Gasteiger partial charge in [0.25, 0.3) is 0 Å². The van der Waals surface area contributed by atoms with E-state index in [1.165, 1.54) is 6.20 Å². The molecule has 20 heavy (non-hydrogen) atoms. The summed E-state index contributed by atoms with van der Waals surface area (Å²) in [5.41, 5.74) is -0.329. The van der Waals surface area contributed by atoms with Crippen molar-refractivity contribution in [2.24, 2.45) is 5.41 Å². The Bertz CT molecular complexity index is 464. The van der Waals surface area contributed by atoms with E-state index in [2.05, 4.69) is 10.3 Å². The Morgan fingerprint density at radius 3 is 2.45 bits per heavy atom. The SMILES string of the molecule is Cl.FC(F)(F)c1ccnc(N2CC3(CCNCC3)C2)c1. The molecule has 0 aliphatic carbocycles. The van der Waals surface area contributed by atoms with Crippen LogP contribution in [0.15, 0.2) is 18.3 Å². The number of anilines is 1. The first-order valence-corrected chi connectivity index (χ1v) is 6.48. The van der Waals surface area contributed by atoms with Crippen molar-refractivity contribution in [3.8, 4) is 0 Å². The summed E-state index contributed by atoms with van der Waals surface area (Å²) in [7, 11) is 0. The van der Waals surface area contributed by atoms with Crippen LogP contribution in [0.25, 0.3) is 0 Å². The first-order valence-electron chi connectivity index (χ1n) is 6.48. The van der Waals surface area contributed by atoms with Crippen LogP contribution in [0.3, 0.4) is 0 Å². The number of hydrogen-bond acceptors (Lipinski definition) is 3. The lowest BCUT2D eigenvalue weighted by Crippen LogP contribution is -2.60. The van der Waals surface area contributed by atoms with E-state index in [0.29, 0.717) is 11.2 Å². The van der Waals surface area contributed by atoms with Gasteiger partial charge in [0.1, 0.15) is 5.82 Å². The predicted molar refractivity (Wildman–Crippen MR) is 73.2 cm³/mol. The molecule has 1 spiro atoms. The average Bonchev–Trinajstić information content (AvgIpc) is 2.36. The molecule has 0 saturated carbocycles. The quantitative estimate of drug-likeness (QED) is 0.864. The van der Waals surface area contributed by atoms with Crippen LogP contribution in [0.5, 0.6) is 0 Å². The van der Waals surface area contributed by atoms with Crippen molar-refractivity contribution < 1.29 is 13.2 Å². The van der Waals surface area contributed by atoms with Crippen molar-refractivity contribution in [3.05, 3.63) is 23.9 Å². The van der Waals surface area contributed by atoms with Crippen LogP contribution in [-0.2, 0) is 6.18 Å². The lowest BCUT2D eigenvalue weighted by atomic mass is 9.72. The van der Waals surface area contributed by atoms with Crippen LogP contribution in [0, 0.1) is 5.41 Å². The van der Waals surface area contributed by atoms with Gasteiger partial charge in [0, 0.05) is 24.7 Å². The fraction of sp³-hybridized carbons (Fsp3) is 0.615. The number of alkyl halides is 3. The number of halogens is 4. The molecule has 2 aliphatic rings. The molecule has 0 aromatic carbocycles. The van der Waals surface area contributed by atoms with Gasteiger partial charge in [0.05, 0.1) is 5.56 Å². The molecule has 0 radical (unpaired) electrons. The molecule has 2 fully saturated rings. The molecule has 0 amide bonds. The van der Waals surface area contributed by atoms with Crippen molar-refractivity contribution in [2.75, 3.05) is 31.1 Å². The second-order valence-corrected chi connectivity index (χ2v) is 5.51. The highest BCUT2D eigenvalue weighted by Gasteiger charge is 2.44. The molecule has 1 N–H and O–H groups in total. The molecule has 112 valence electrons. The van der Waals surface area contributed by atoms with Gasteiger partial charge in [-0.3, -0.25) is 0 Å². The van der Waals surface area contributed by atoms with Gasteiger partial charge in [-0.05, 0) is 38.1 Å². The number of pyridine rings is 1. The summed E-state index contributed by atoms with van der Waals surface area (Å²) in [6.45, 7) is 3.65. The molecule has 3 heterocycles. The normalized spacial score (nSPS) is 21.2. The predicted octanol–water partition coefficient (Wildman–Crippen LogP) is 2.71. The molecule has 2 aliphatic heterocycles. The van der Waals surface area contributed by atoms with Crippen molar-refractivity contribution >= 4 is 18.2 Å². The third-order valence-corrected chi connectivity index (χ3v) is 4.11. The van der Waals surface area contributed by atoms with Gasteiger partial charge in [-0.2, -0.15) is 13.2 Å². The summed E-state index contributed by atoms with van der Waals surface area (Å²) in [4.78, 5) is 6.01. The van der Waals surface area contributed by atoms with E-state index >= 15 is 0 Å². The first kappa shape index (κ1) is 15.4. The van der Waals surface area contributed by atoms with E-state index in [-0.39, 0.29) is 12.4 Å². The Labute approximate surface area is 122 Å². The summed E-state index contributed by atoms with van der Waals surface area (Å²) < 4.78 is 37.9. The lowest BCUT2D eigenvalue weighted by Gasteiger charge is -2.53. The van der Waals surface area contributed by atoms with Crippen molar-refractivity contribution in [3.63, 3.8) is 0 Å². The molecule has 1 aromatic heterocycles. The van der Waals surface area contributed by atoms with Gasteiger partial charge in [-0.25, -0.2) is 4.98 Å². The minimum Gasteiger partial charge on any atom is -0.355 e. The Balaban J connectivity index is 0.00000147. The average molecular weight is 308 g/mol. The number of rotatable bonds is 1. The topological polar surface area (TPSA) is 28.2 Å². The maximum absolute atomic E-state index is 12.6. The van der Waals surface area contributed by atoms with Crippen molar-refractivity contribution in [2.45, 2.75) is 19.0 Å². The van der Waals surface area contributed by atoms with Gasteiger partial charge in [0.2, 0.25) is 0 Å². The van der Waals surface area contributed by atoms with Crippen molar-refractivity contribution in [1.82, 2.24) is 10.3 Å². The van der Waals surface area contributed by atoms with Gasteiger partial charge in [0.15, 0.2) is 0 Å². The van der Waals surface area contributed by atoms with Crippen LogP contribution in [-0.4, -0.2) is 31.2 Å². The molecule has 1 aromatic rings. The Morgan fingerprint density at radius 2 is 1.85 bits per heavy atom. The second kappa shape index (κ2) is 5.41. The highest BCUT2D eigenvalue weighted by Crippen LogP contribution is 2.41.